The van der Waals surface area contributed by atoms with Gasteiger partial charge in [-0.05, 0) is 18.8 Å². The highest BCUT2D eigenvalue weighted by molar-refractivity contribution is 5.38. The molecule has 1 aliphatic rings. The van der Waals surface area contributed by atoms with Gasteiger partial charge in [-0.15, -0.1) is 0 Å². The predicted octanol–water partition coefficient (Wildman–Crippen LogP) is 1.80. The highest BCUT2D eigenvalue weighted by Gasteiger charge is 2.37. The standard InChI is InChI=1S/C13H22N4O/c1-10-5-3-4-6-13(10,9-14)17-11-7-15-8-12(16-11)18-2/h7-8,10H,3-6,9,14H2,1-2H3,(H,16,17). The molecule has 1 aliphatic carbocycles. The van der Waals surface area contributed by atoms with Gasteiger partial charge in [0.2, 0.25) is 5.88 Å². The Morgan fingerprint density at radius 2 is 2.33 bits per heavy atom. The van der Waals surface area contributed by atoms with Gasteiger partial charge in [0.25, 0.3) is 0 Å². The number of nitrogens with one attached hydrogen (secondary N) is 1. The molecule has 2 rings (SSSR count). The van der Waals surface area contributed by atoms with Gasteiger partial charge >= 0.3 is 0 Å². The average molecular weight is 250 g/mol. The summed E-state index contributed by atoms with van der Waals surface area (Å²) in [5.41, 5.74) is 5.95. The summed E-state index contributed by atoms with van der Waals surface area (Å²) in [5.74, 6) is 1.81. The maximum atomic E-state index is 6.01. The molecule has 1 saturated carbocycles. The van der Waals surface area contributed by atoms with Crippen molar-refractivity contribution < 1.29 is 4.74 Å². The summed E-state index contributed by atoms with van der Waals surface area (Å²) in [6, 6.07) is 0. The van der Waals surface area contributed by atoms with Crippen LogP contribution in [0.25, 0.3) is 0 Å². The molecule has 5 nitrogen and oxygen atoms in total. The van der Waals surface area contributed by atoms with Crippen LogP contribution in [0.4, 0.5) is 5.82 Å². The normalized spacial score (nSPS) is 27.8. The number of hydrogen-bond donors (Lipinski definition) is 2. The molecule has 0 aromatic carbocycles. The number of aromatic nitrogens is 2. The number of anilines is 1. The van der Waals surface area contributed by atoms with E-state index in [1.54, 1.807) is 19.5 Å². The number of nitrogens with zero attached hydrogens (tertiary/aromatic N) is 2. The van der Waals surface area contributed by atoms with E-state index in [0.717, 1.165) is 12.2 Å². The number of methoxy groups -OCH3 is 1. The minimum absolute atomic E-state index is 0.0563. The number of ether oxygens (including phenoxy) is 1. The number of rotatable bonds is 4. The fourth-order valence-corrected chi connectivity index (χ4v) is 2.72. The molecule has 2 unspecified atom stereocenters. The van der Waals surface area contributed by atoms with Crippen molar-refractivity contribution in [2.45, 2.75) is 38.1 Å². The monoisotopic (exact) mass is 250 g/mol. The molecule has 0 amide bonds. The summed E-state index contributed by atoms with van der Waals surface area (Å²) in [7, 11) is 1.59. The lowest BCUT2D eigenvalue weighted by Gasteiger charge is -2.43. The maximum Gasteiger partial charge on any atom is 0.233 e. The zero-order valence-corrected chi connectivity index (χ0v) is 11.1. The van der Waals surface area contributed by atoms with Gasteiger partial charge in [0.1, 0.15) is 5.82 Å². The summed E-state index contributed by atoms with van der Waals surface area (Å²) in [4.78, 5) is 8.48. The van der Waals surface area contributed by atoms with E-state index in [9.17, 15) is 0 Å². The summed E-state index contributed by atoms with van der Waals surface area (Å²) >= 11 is 0. The first-order valence-corrected chi connectivity index (χ1v) is 6.54. The molecule has 18 heavy (non-hydrogen) atoms. The Kier molecular flexibility index (Phi) is 4.01. The zero-order valence-electron chi connectivity index (χ0n) is 11.1. The molecular formula is C13H22N4O. The third kappa shape index (κ3) is 2.56. The highest BCUT2D eigenvalue weighted by atomic mass is 16.5. The van der Waals surface area contributed by atoms with Crippen LogP contribution < -0.4 is 15.8 Å². The van der Waals surface area contributed by atoms with E-state index in [0.29, 0.717) is 18.3 Å². The zero-order chi connectivity index (χ0) is 13.0. The Balaban J connectivity index is 2.18. The Morgan fingerprint density at radius 3 is 3.00 bits per heavy atom. The van der Waals surface area contributed by atoms with Crippen molar-refractivity contribution in [1.29, 1.82) is 0 Å². The van der Waals surface area contributed by atoms with Crippen LogP contribution in [0.2, 0.25) is 0 Å². The lowest BCUT2D eigenvalue weighted by Crippen LogP contribution is -2.52. The number of hydrogen-bond acceptors (Lipinski definition) is 5. The first-order chi connectivity index (χ1) is 8.70. The third-order valence-corrected chi connectivity index (χ3v) is 4.02. The minimum atomic E-state index is -0.0563. The molecule has 1 heterocycles. The van der Waals surface area contributed by atoms with Gasteiger partial charge in [0.15, 0.2) is 0 Å². The molecule has 1 aromatic heterocycles. The second kappa shape index (κ2) is 5.52. The van der Waals surface area contributed by atoms with Crippen LogP contribution in [0, 0.1) is 5.92 Å². The Morgan fingerprint density at radius 1 is 1.50 bits per heavy atom. The van der Waals surface area contributed by atoms with Crippen LogP contribution in [0.3, 0.4) is 0 Å². The molecule has 0 radical (unpaired) electrons. The molecule has 0 bridgehead atoms. The van der Waals surface area contributed by atoms with E-state index in [2.05, 4.69) is 22.2 Å². The van der Waals surface area contributed by atoms with Gasteiger partial charge in [-0.1, -0.05) is 19.8 Å². The van der Waals surface area contributed by atoms with Crippen molar-refractivity contribution in [2.75, 3.05) is 19.0 Å². The molecule has 1 aromatic rings. The van der Waals surface area contributed by atoms with Crippen molar-refractivity contribution in [3.63, 3.8) is 0 Å². The fraction of sp³-hybridized carbons (Fsp3) is 0.692. The van der Waals surface area contributed by atoms with Crippen LogP contribution in [0.5, 0.6) is 5.88 Å². The smallest absolute Gasteiger partial charge is 0.233 e. The molecule has 100 valence electrons. The van der Waals surface area contributed by atoms with Crippen LogP contribution in [0.15, 0.2) is 12.4 Å². The fourth-order valence-electron chi connectivity index (χ4n) is 2.72. The lowest BCUT2D eigenvalue weighted by atomic mass is 9.73. The SMILES string of the molecule is COc1cncc(NC2(CN)CCCCC2C)n1. The molecule has 5 heteroatoms. The van der Waals surface area contributed by atoms with E-state index < -0.39 is 0 Å². The van der Waals surface area contributed by atoms with Crippen molar-refractivity contribution in [3.05, 3.63) is 12.4 Å². The number of nitrogens with two attached hydrogens (primary N) is 1. The second-order valence-corrected chi connectivity index (χ2v) is 5.08. The molecule has 2 atom stereocenters. The van der Waals surface area contributed by atoms with Crippen LogP contribution >= 0.6 is 0 Å². The van der Waals surface area contributed by atoms with Gasteiger partial charge in [-0.3, -0.25) is 4.98 Å². The van der Waals surface area contributed by atoms with Crippen molar-refractivity contribution in [3.8, 4) is 5.88 Å². The summed E-state index contributed by atoms with van der Waals surface area (Å²) in [5, 5.41) is 3.49. The topological polar surface area (TPSA) is 73.1 Å². The first kappa shape index (κ1) is 13.1. The van der Waals surface area contributed by atoms with Crippen molar-refractivity contribution >= 4 is 5.82 Å². The van der Waals surface area contributed by atoms with Crippen LogP contribution in [-0.2, 0) is 0 Å². The first-order valence-electron chi connectivity index (χ1n) is 6.54. The second-order valence-electron chi connectivity index (χ2n) is 5.08. The van der Waals surface area contributed by atoms with Crippen molar-refractivity contribution in [1.82, 2.24) is 9.97 Å². The molecule has 0 saturated heterocycles. The quantitative estimate of drug-likeness (QED) is 0.852. The van der Waals surface area contributed by atoms with Gasteiger partial charge in [0, 0.05) is 6.54 Å². The van der Waals surface area contributed by atoms with Crippen molar-refractivity contribution in [2.24, 2.45) is 11.7 Å². The Labute approximate surface area is 108 Å². The summed E-state index contributed by atoms with van der Waals surface area (Å²) < 4.78 is 5.09. The Hall–Kier alpha value is -1.36. The summed E-state index contributed by atoms with van der Waals surface area (Å²) in [6.45, 7) is 2.87. The van der Waals surface area contributed by atoms with Crippen LogP contribution in [-0.4, -0.2) is 29.2 Å². The average Bonchev–Trinajstić information content (AvgIpc) is 2.42. The van der Waals surface area contributed by atoms with E-state index in [4.69, 9.17) is 10.5 Å². The summed E-state index contributed by atoms with van der Waals surface area (Å²) in [6.07, 6.45) is 8.12. The Bertz CT molecular complexity index is 398. The van der Waals surface area contributed by atoms with Gasteiger partial charge in [-0.25, -0.2) is 0 Å². The lowest BCUT2D eigenvalue weighted by molar-refractivity contribution is 0.235. The van der Waals surface area contributed by atoms with Gasteiger partial charge < -0.3 is 15.8 Å². The van der Waals surface area contributed by atoms with E-state index in [1.165, 1.54) is 19.3 Å². The highest BCUT2D eigenvalue weighted by Crippen LogP contribution is 2.35. The third-order valence-electron chi connectivity index (χ3n) is 4.02. The molecule has 0 aliphatic heterocycles. The molecular weight excluding hydrogens is 228 g/mol. The van der Waals surface area contributed by atoms with Gasteiger partial charge in [-0.2, -0.15) is 4.98 Å². The van der Waals surface area contributed by atoms with Gasteiger partial charge in [0.05, 0.1) is 25.0 Å². The predicted molar refractivity (Wildman–Crippen MR) is 71.6 cm³/mol. The van der Waals surface area contributed by atoms with E-state index >= 15 is 0 Å². The molecule has 1 fully saturated rings. The maximum absolute atomic E-state index is 6.01. The van der Waals surface area contributed by atoms with E-state index in [-0.39, 0.29) is 5.54 Å². The van der Waals surface area contributed by atoms with Crippen LogP contribution in [0.1, 0.15) is 32.6 Å². The molecule has 0 spiro atoms. The largest absolute Gasteiger partial charge is 0.480 e. The minimum Gasteiger partial charge on any atom is -0.480 e. The van der Waals surface area contributed by atoms with E-state index in [1.807, 2.05) is 0 Å². The molecule has 3 N–H and O–H groups in total.